The molecular formula is C14H19N3. The molecule has 1 saturated carbocycles. The highest BCUT2D eigenvalue weighted by molar-refractivity contribution is 5.63. The fourth-order valence-corrected chi connectivity index (χ4v) is 4.52. The maximum absolute atomic E-state index is 4.53. The molecular weight excluding hydrogens is 210 g/mol. The summed E-state index contributed by atoms with van der Waals surface area (Å²) >= 11 is 0. The van der Waals surface area contributed by atoms with Gasteiger partial charge in [-0.3, -0.25) is 0 Å². The third-order valence-electron chi connectivity index (χ3n) is 5.50. The quantitative estimate of drug-likeness (QED) is 0.736. The summed E-state index contributed by atoms with van der Waals surface area (Å²) in [7, 11) is 2.24. The smallest absolute Gasteiger partial charge is 0.130 e. The van der Waals surface area contributed by atoms with Crippen molar-refractivity contribution in [3.63, 3.8) is 0 Å². The molecule has 3 aliphatic rings. The number of rotatable bonds is 0. The molecule has 3 heterocycles. The average Bonchev–Trinajstić information content (AvgIpc) is 2.49. The van der Waals surface area contributed by atoms with Crippen LogP contribution in [0, 0.1) is 5.92 Å². The number of piperidine rings is 1. The predicted molar refractivity (Wildman–Crippen MR) is 68.2 cm³/mol. The van der Waals surface area contributed by atoms with E-state index in [1.807, 2.05) is 6.20 Å². The molecule has 1 spiro atoms. The molecule has 0 bridgehead atoms. The molecule has 17 heavy (non-hydrogen) atoms. The van der Waals surface area contributed by atoms with E-state index in [2.05, 4.69) is 41.3 Å². The molecule has 0 radical (unpaired) electrons. The van der Waals surface area contributed by atoms with Crippen molar-refractivity contribution < 1.29 is 0 Å². The molecule has 1 aliphatic carbocycles. The number of nitrogens with zero attached hydrogens (tertiary/aromatic N) is 2. The van der Waals surface area contributed by atoms with Gasteiger partial charge in [0.2, 0.25) is 0 Å². The molecule has 3 heteroatoms. The predicted octanol–water partition coefficient (Wildman–Crippen LogP) is 1.86. The van der Waals surface area contributed by atoms with Crippen molar-refractivity contribution in [2.75, 3.05) is 25.5 Å². The summed E-state index contributed by atoms with van der Waals surface area (Å²) in [6, 6.07) is 4.34. The van der Waals surface area contributed by atoms with Gasteiger partial charge in [-0.2, -0.15) is 0 Å². The highest BCUT2D eigenvalue weighted by Gasteiger charge is 2.68. The Morgan fingerprint density at radius 3 is 3.24 bits per heavy atom. The van der Waals surface area contributed by atoms with Crippen molar-refractivity contribution in [2.45, 2.75) is 30.7 Å². The molecule has 1 saturated heterocycles. The van der Waals surface area contributed by atoms with E-state index in [0.29, 0.717) is 11.0 Å². The first-order valence-electron chi connectivity index (χ1n) is 6.58. The van der Waals surface area contributed by atoms with Crippen molar-refractivity contribution in [1.82, 2.24) is 9.88 Å². The van der Waals surface area contributed by atoms with E-state index in [9.17, 15) is 0 Å². The molecule has 2 fully saturated rings. The Hall–Kier alpha value is -1.09. The fraction of sp³-hybridized carbons (Fsp3) is 0.643. The lowest BCUT2D eigenvalue weighted by Crippen LogP contribution is -2.71. The highest BCUT2D eigenvalue weighted by Crippen LogP contribution is 2.64. The molecule has 3 atom stereocenters. The van der Waals surface area contributed by atoms with E-state index in [1.165, 1.54) is 31.5 Å². The van der Waals surface area contributed by atoms with Crippen LogP contribution in [0.15, 0.2) is 18.3 Å². The van der Waals surface area contributed by atoms with E-state index in [1.54, 1.807) is 0 Å². The van der Waals surface area contributed by atoms with Gasteiger partial charge < -0.3 is 10.2 Å². The molecule has 90 valence electrons. The summed E-state index contributed by atoms with van der Waals surface area (Å²) in [4.78, 5) is 6.99. The van der Waals surface area contributed by atoms with E-state index < -0.39 is 0 Å². The Morgan fingerprint density at radius 2 is 2.41 bits per heavy atom. The van der Waals surface area contributed by atoms with Gasteiger partial charge in [0, 0.05) is 30.3 Å². The standard InChI is InChI=1S/C14H19N3/c1-13-8-10-9-17(2)7-5-14(10,13)16-12-11(13)4-3-6-15-12/h3-4,6,10H,5,7-9H2,1-2H3,(H,15,16)/t10-,13-,14-/m1/s1. The molecule has 0 aromatic carbocycles. The van der Waals surface area contributed by atoms with Crippen LogP contribution in [0.5, 0.6) is 0 Å². The maximum atomic E-state index is 4.53. The molecule has 3 nitrogen and oxygen atoms in total. The first kappa shape index (κ1) is 9.89. The van der Waals surface area contributed by atoms with Crippen molar-refractivity contribution >= 4 is 5.82 Å². The third kappa shape index (κ3) is 0.959. The Morgan fingerprint density at radius 1 is 1.53 bits per heavy atom. The third-order valence-corrected chi connectivity index (χ3v) is 5.50. The molecule has 1 N–H and O–H groups in total. The number of fused-ring (bicyclic) bond motifs is 2. The normalized spacial score (nSPS) is 43.1. The minimum absolute atomic E-state index is 0.302. The van der Waals surface area contributed by atoms with Gasteiger partial charge in [-0.1, -0.05) is 13.0 Å². The van der Waals surface area contributed by atoms with Crippen molar-refractivity contribution in [1.29, 1.82) is 0 Å². The lowest BCUT2D eigenvalue weighted by atomic mass is 9.46. The van der Waals surface area contributed by atoms with Crippen molar-refractivity contribution in [3.05, 3.63) is 23.9 Å². The van der Waals surface area contributed by atoms with Gasteiger partial charge in [0.25, 0.3) is 0 Å². The Bertz CT molecular complexity index is 486. The van der Waals surface area contributed by atoms with E-state index in [0.717, 1.165) is 11.7 Å². The van der Waals surface area contributed by atoms with Gasteiger partial charge in [0.05, 0.1) is 5.54 Å². The number of nitrogens with one attached hydrogen (secondary N) is 1. The van der Waals surface area contributed by atoms with Crippen LogP contribution in [0.2, 0.25) is 0 Å². The summed E-state index contributed by atoms with van der Waals surface area (Å²) < 4.78 is 0. The highest BCUT2D eigenvalue weighted by atomic mass is 15.2. The van der Waals surface area contributed by atoms with Crippen LogP contribution in [-0.4, -0.2) is 35.6 Å². The first-order valence-corrected chi connectivity index (χ1v) is 6.58. The second kappa shape index (κ2) is 2.83. The molecule has 0 amide bonds. The number of hydrogen-bond acceptors (Lipinski definition) is 3. The van der Waals surface area contributed by atoms with Crippen LogP contribution in [0.1, 0.15) is 25.3 Å². The van der Waals surface area contributed by atoms with Crippen LogP contribution in [0.4, 0.5) is 5.82 Å². The van der Waals surface area contributed by atoms with Gasteiger partial charge in [-0.25, -0.2) is 4.98 Å². The van der Waals surface area contributed by atoms with E-state index in [4.69, 9.17) is 0 Å². The minimum atomic E-state index is 0.302. The lowest BCUT2D eigenvalue weighted by Gasteiger charge is -2.63. The second-order valence-electron chi connectivity index (χ2n) is 6.24. The SMILES string of the molecule is CN1CC[C@]23Nc4ncccc4[C@@]2(C)C[C@@H]3C1. The first-order chi connectivity index (χ1) is 8.16. The van der Waals surface area contributed by atoms with Crippen LogP contribution in [-0.2, 0) is 5.41 Å². The van der Waals surface area contributed by atoms with Gasteiger partial charge >= 0.3 is 0 Å². The topological polar surface area (TPSA) is 28.2 Å². The molecule has 1 aromatic heterocycles. The van der Waals surface area contributed by atoms with Gasteiger partial charge in [0.15, 0.2) is 0 Å². The van der Waals surface area contributed by atoms with Gasteiger partial charge in [-0.05, 0) is 31.9 Å². The zero-order valence-electron chi connectivity index (χ0n) is 10.5. The van der Waals surface area contributed by atoms with Crippen molar-refractivity contribution in [2.24, 2.45) is 5.92 Å². The second-order valence-corrected chi connectivity index (χ2v) is 6.24. The summed E-state index contributed by atoms with van der Waals surface area (Å²) in [6.45, 7) is 4.86. The van der Waals surface area contributed by atoms with Gasteiger partial charge in [-0.15, -0.1) is 0 Å². The fourth-order valence-electron chi connectivity index (χ4n) is 4.52. The van der Waals surface area contributed by atoms with E-state index in [-0.39, 0.29) is 0 Å². The monoisotopic (exact) mass is 229 g/mol. The molecule has 4 rings (SSSR count). The van der Waals surface area contributed by atoms with Crippen LogP contribution in [0.25, 0.3) is 0 Å². The van der Waals surface area contributed by atoms with Crippen LogP contribution in [0.3, 0.4) is 0 Å². The van der Waals surface area contributed by atoms with E-state index >= 15 is 0 Å². The van der Waals surface area contributed by atoms with Crippen molar-refractivity contribution in [3.8, 4) is 0 Å². The summed E-state index contributed by atoms with van der Waals surface area (Å²) in [5.74, 6) is 1.93. The summed E-state index contributed by atoms with van der Waals surface area (Å²) in [6.07, 6.45) is 4.46. The largest absolute Gasteiger partial charge is 0.363 e. The molecule has 2 aliphatic heterocycles. The summed E-state index contributed by atoms with van der Waals surface area (Å²) in [5.41, 5.74) is 2.07. The number of aromatic nitrogens is 1. The minimum Gasteiger partial charge on any atom is -0.363 e. The number of pyridine rings is 1. The number of anilines is 1. The summed E-state index contributed by atoms with van der Waals surface area (Å²) in [5, 5.41) is 3.77. The Kier molecular flexibility index (Phi) is 1.65. The molecule has 0 unspecified atom stereocenters. The Labute approximate surface area is 102 Å². The lowest BCUT2D eigenvalue weighted by molar-refractivity contribution is -0.0261. The van der Waals surface area contributed by atoms with Gasteiger partial charge in [0.1, 0.15) is 5.82 Å². The number of likely N-dealkylation sites (tertiary alicyclic amines) is 1. The van der Waals surface area contributed by atoms with Crippen LogP contribution >= 0.6 is 0 Å². The maximum Gasteiger partial charge on any atom is 0.130 e. The van der Waals surface area contributed by atoms with Crippen LogP contribution < -0.4 is 5.32 Å². The average molecular weight is 229 g/mol. The Balaban J connectivity index is 1.80. The zero-order valence-corrected chi connectivity index (χ0v) is 10.5. The molecule has 1 aromatic rings. The number of hydrogen-bond donors (Lipinski definition) is 1. The zero-order chi connectivity index (χ0) is 11.7.